The molecule has 0 heterocycles. The summed E-state index contributed by atoms with van der Waals surface area (Å²) in [5.74, 6) is -0.578. The van der Waals surface area contributed by atoms with Gasteiger partial charge in [0.1, 0.15) is 0 Å². The molecule has 0 aliphatic carbocycles. The SMILES string of the molecule is CN(C)c1ccc(C(=CC(C=C(c2ccc(N(C)C)cc2)c2ccc(N(C)C)cc2)c2cc(N)ccc2S(N)(=O)=O)c2ccc(N(C)C)cc2)cc1. The molecule has 0 saturated carbocycles. The minimum absolute atomic E-state index is 0.0229. The van der Waals surface area contributed by atoms with Crippen molar-refractivity contribution in [2.75, 3.05) is 81.7 Å². The molecule has 4 N–H and O–H groups in total. The maximum Gasteiger partial charge on any atom is 0.238 e. The van der Waals surface area contributed by atoms with Gasteiger partial charge in [-0.25, -0.2) is 13.6 Å². The standard InChI is InChI=1S/C43H50N6O2S/c1-46(2)36-18-9-30(10-19-36)40(31-11-20-37(21-12-31)47(3)4)27-34(42-29-35(44)17-26-43(42)52(45,50)51)28-41(32-13-22-38(23-14-32)48(5)6)33-15-24-39(25-16-33)49(7)8/h9-29,34H,44H2,1-8H3,(H2,45,50,51). The Morgan fingerprint density at radius 1 is 0.500 bits per heavy atom. The minimum Gasteiger partial charge on any atom is -0.399 e. The number of hydrogen-bond donors (Lipinski definition) is 2. The first-order valence-electron chi connectivity index (χ1n) is 17.1. The van der Waals surface area contributed by atoms with Gasteiger partial charge in [-0.1, -0.05) is 60.7 Å². The normalized spacial score (nSPS) is 11.2. The van der Waals surface area contributed by atoms with E-state index in [-0.39, 0.29) is 4.90 Å². The van der Waals surface area contributed by atoms with Crippen molar-refractivity contribution in [3.63, 3.8) is 0 Å². The van der Waals surface area contributed by atoms with Crippen molar-refractivity contribution < 1.29 is 8.42 Å². The van der Waals surface area contributed by atoms with E-state index >= 15 is 0 Å². The third-order valence-electron chi connectivity index (χ3n) is 9.17. The lowest BCUT2D eigenvalue weighted by atomic mass is 9.86. The summed E-state index contributed by atoms with van der Waals surface area (Å²) in [6, 6.07) is 38.3. The molecule has 0 spiro atoms. The highest BCUT2D eigenvalue weighted by molar-refractivity contribution is 7.89. The second-order valence-corrected chi connectivity index (χ2v) is 15.3. The molecule has 270 valence electrons. The second kappa shape index (κ2) is 15.8. The van der Waals surface area contributed by atoms with Crippen LogP contribution in [0.3, 0.4) is 0 Å². The van der Waals surface area contributed by atoms with Crippen molar-refractivity contribution in [2.45, 2.75) is 10.8 Å². The van der Waals surface area contributed by atoms with Crippen molar-refractivity contribution in [2.24, 2.45) is 5.14 Å². The molecule has 0 aromatic heterocycles. The fraction of sp³-hybridized carbons (Fsp3) is 0.209. The van der Waals surface area contributed by atoms with Crippen LogP contribution < -0.4 is 30.5 Å². The predicted molar refractivity (Wildman–Crippen MR) is 222 cm³/mol. The van der Waals surface area contributed by atoms with Crippen molar-refractivity contribution in [1.29, 1.82) is 0 Å². The fourth-order valence-electron chi connectivity index (χ4n) is 6.15. The number of sulfonamides is 1. The summed E-state index contributed by atoms with van der Waals surface area (Å²) in [7, 11) is 12.0. The van der Waals surface area contributed by atoms with E-state index in [2.05, 4.69) is 129 Å². The Balaban J connectivity index is 1.86. The third kappa shape index (κ3) is 8.85. The molecule has 0 atom stereocenters. The Morgan fingerprint density at radius 3 is 1.04 bits per heavy atom. The van der Waals surface area contributed by atoms with Gasteiger partial charge in [0.15, 0.2) is 0 Å². The first kappa shape index (κ1) is 37.7. The lowest BCUT2D eigenvalue weighted by molar-refractivity contribution is 0.596. The monoisotopic (exact) mass is 714 g/mol. The van der Waals surface area contributed by atoms with Crippen LogP contribution >= 0.6 is 0 Å². The van der Waals surface area contributed by atoms with E-state index in [4.69, 9.17) is 10.9 Å². The Hall–Kier alpha value is -5.51. The highest BCUT2D eigenvalue weighted by atomic mass is 32.2. The third-order valence-corrected chi connectivity index (χ3v) is 10.2. The summed E-state index contributed by atoms with van der Waals surface area (Å²) in [5, 5.41) is 5.90. The average Bonchev–Trinajstić information content (AvgIpc) is 3.11. The van der Waals surface area contributed by atoms with Crippen molar-refractivity contribution >= 4 is 49.6 Å². The van der Waals surface area contributed by atoms with Crippen LogP contribution in [0.2, 0.25) is 0 Å². The number of nitrogens with zero attached hydrogens (tertiary/aromatic N) is 4. The predicted octanol–water partition coefficient (Wildman–Crippen LogP) is 7.53. The zero-order chi connectivity index (χ0) is 37.7. The molecule has 52 heavy (non-hydrogen) atoms. The van der Waals surface area contributed by atoms with Crippen LogP contribution in [0.15, 0.2) is 132 Å². The summed E-state index contributed by atoms with van der Waals surface area (Å²) in [4.78, 5) is 8.27. The Bertz CT molecular complexity index is 1930. The van der Waals surface area contributed by atoms with E-state index in [0.29, 0.717) is 11.3 Å². The lowest BCUT2D eigenvalue weighted by Crippen LogP contribution is -2.16. The van der Waals surface area contributed by atoms with E-state index in [1.807, 2.05) is 56.4 Å². The van der Waals surface area contributed by atoms with Crippen LogP contribution in [-0.2, 0) is 10.0 Å². The average molecular weight is 715 g/mol. The van der Waals surface area contributed by atoms with E-state index in [1.165, 1.54) is 6.07 Å². The van der Waals surface area contributed by atoms with Crippen LogP contribution in [0.25, 0.3) is 11.1 Å². The smallest absolute Gasteiger partial charge is 0.238 e. The first-order chi connectivity index (χ1) is 24.6. The van der Waals surface area contributed by atoms with Crippen LogP contribution in [0.4, 0.5) is 28.4 Å². The number of benzene rings is 5. The number of nitrogen functional groups attached to an aromatic ring is 1. The Labute approximate surface area is 310 Å². The number of allylic oxidation sites excluding steroid dienone is 2. The molecule has 0 aliphatic heterocycles. The molecule has 8 nitrogen and oxygen atoms in total. The number of anilines is 5. The van der Waals surface area contributed by atoms with Gasteiger partial charge in [0.2, 0.25) is 10.0 Å². The minimum atomic E-state index is -4.12. The van der Waals surface area contributed by atoms with Gasteiger partial charge in [0, 0.05) is 90.7 Å². The van der Waals surface area contributed by atoms with Crippen molar-refractivity contribution in [3.05, 3.63) is 155 Å². The molecule has 0 saturated heterocycles. The lowest BCUT2D eigenvalue weighted by Gasteiger charge is -2.21. The van der Waals surface area contributed by atoms with Crippen LogP contribution in [0.5, 0.6) is 0 Å². The molecular weight excluding hydrogens is 665 g/mol. The number of rotatable bonds is 12. The second-order valence-electron chi connectivity index (χ2n) is 13.8. The number of primary sulfonamides is 1. The maximum absolute atomic E-state index is 13.2. The number of nitrogens with two attached hydrogens (primary N) is 2. The van der Waals surface area contributed by atoms with E-state index < -0.39 is 15.9 Å². The topological polar surface area (TPSA) is 99.1 Å². The summed E-state index contributed by atoms with van der Waals surface area (Å²) < 4.78 is 26.4. The molecule has 5 aromatic carbocycles. The highest BCUT2D eigenvalue weighted by Crippen LogP contribution is 2.38. The van der Waals surface area contributed by atoms with Gasteiger partial charge in [-0.2, -0.15) is 0 Å². The van der Waals surface area contributed by atoms with Gasteiger partial charge in [-0.3, -0.25) is 0 Å². The molecule has 5 aromatic rings. The maximum atomic E-state index is 13.2. The quantitative estimate of drug-likeness (QED) is 0.129. The van der Waals surface area contributed by atoms with Gasteiger partial charge in [0.25, 0.3) is 0 Å². The van der Waals surface area contributed by atoms with E-state index in [9.17, 15) is 8.42 Å². The summed E-state index contributed by atoms with van der Waals surface area (Å²) in [6.45, 7) is 0. The highest BCUT2D eigenvalue weighted by Gasteiger charge is 2.22. The largest absolute Gasteiger partial charge is 0.399 e. The van der Waals surface area contributed by atoms with Gasteiger partial charge in [-0.15, -0.1) is 0 Å². The van der Waals surface area contributed by atoms with Gasteiger partial charge >= 0.3 is 0 Å². The molecule has 0 aliphatic rings. The van der Waals surface area contributed by atoms with Crippen molar-refractivity contribution in [3.8, 4) is 0 Å². The molecule has 5 rings (SSSR count). The van der Waals surface area contributed by atoms with Gasteiger partial charge < -0.3 is 25.3 Å². The summed E-state index contributed by atoms with van der Waals surface area (Å²) >= 11 is 0. The molecule has 0 amide bonds. The van der Waals surface area contributed by atoms with Gasteiger partial charge in [0.05, 0.1) is 4.90 Å². The summed E-state index contributed by atoms with van der Waals surface area (Å²) in [5.41, 5.74) is 17.4. The molecule has 0 radical (unpaired) electrons. The molecule has 0 bridgehead atoms. The number of hydrogen-bond acceptors (Lipinski definition) is 7. The zero-order valence-electron chi connectivity index (χ0n) is 31.4. The summed E-state index contributed by atoms with van der Waals surface area (Å²) in [6.07, 6.45) is 4.25. The van der Waals surface area contributed by atoms with Crippen LogP contribution in [0, 0.1) is 0 Å². The van der Waals surface area contributed by atoms with Crippen LogP contribution in [0.1, 0.15) is 33.7 Å². The molecule has 9 heteroatoms. The molecule has 0 fully saturated rings. The van der Waals surface area contributed by atoms with E-state index in [1.54, 1.807) is 12.1 Å². The Kier molecular flexibility index (Phi) is 11.5. The Morgan fingerprint density at radius 2 is 0.788 bits per heavy atom. The zero-order valence-corrected chi connectivity index (χ0v) is 32.2. The van der Waals surface area contributed by atoms with Crippen molar-refractivity contribution in [1.82, 2.24) is 0 Å². The van der Waals surface area contributed by atoms with Crippen LogP contribution in [-0.4, -0.2) is 64.8 Å². The molecule has 0 unspecified atom stereocenters. The van der Waals surface area contributed by atoms with Gasteiger partial charge in [-0.05, 0) is 106 Å². The molecular formula is C43H50N6O2S. The van der Waals surface area contributed by atoms with E-state index in [0.717, 1.165) is 56.1 Å². The fourth-order valence-corrected chi connectivity index (χ4v) is 6.93. The first-order valence-corrected chi connectivity index (χ1v) is 18.6.